The number of halogens is 1. The highest BCUT2D eigenvalue weighted by molar-refractivity contribution is 6.30. The van der Waals surface area contributed by atoms with Crippen LogP contribution in [0.4, 0.5) is 0 Å². The Kier molecular flexibility index (Phi) is 5.06. The van der Waals surface area contributed by atoms with Crippen molar-refractivity contribution in [3.63, 3.8) is 0 Å². The topological polar surface area (TPSA) is 108 Å². The van der Waals surface area contributed by atoms with E-state index in [-0.39, 0.29) is 12.2 Å². The second-order valence-corrected chi connectivity index (χ2v) is 3.65. The minimum absolute atomic E-state index is 0.0773. The molecule has 0 aliphatic carbocycles. The molecule has 1 heterocycles. The molecule has 8 heteroatoms. The molecule has 0 aliphatic rings. The monoisotopic (exact) mass is 271 g/mol. The van der Waals surface area contributed by atoms with Crippen LogP contribution in [-0.4, -0.2) is 41.0 Å². The standard InChI is InChI=1S/C10H10ClN3O4/c11-6-1-2-12-7(3-6)10(18)14-4-8(15)13-5-9(16)17/h1-3H,4-5H2,(H,13,15)(H,14,18)(H,16,17). The Morgan fingerprint density at radius 3 is 2.61 bits per heavy atom. The van der Waals surface area contributed by atoms with Gasteiger partial charge in [-0.2, -0.15) is 0 Å². The van der Waals surface area contributed by atoms with Gasteiger partial charge < -0.3 is 15.7 Å². The normalized spacial score (nSPS) is 9.61. The SMILES string of the molecule is O=C(O)CNC(=O)CNC(=O)c1cc(Cl)ccn1. The number of carboxylic acid groups (broad SMARTS) is 1. The fourth-order valence-corrected chi connectivity index (χ4v) is 1.18. The van der Waals surface area contributed by atoms with Gasteiger partial charge in [0.25, 0.3) is 5.91 Å². The third-order valence-corrected chi connectivity index (χ3v) is 2.04. The highest BCUT2D eigenvalue weighted by Gasteiger charge is 2.10. The Hall–Kier alpha value is -2.15. The number of aliphatic carboxylic acids is 1. The highest BCUT2D eigenvalue weighted by Crippen LogP contribution is 2.07. The first kappa shape index (κ1) is 13.9. The Morgan fingerprint density at radius 2 is 2.00 bits per heavy atom. The van der Waals surface area contributed by atoms with Crippen LogP contribution in [-0.2, 0) is 9.59 Å². The molecule has 3 N–H and O–H groups in total. The van der Waals surface area contributed by atoms with E-state index in [1.807, 2.05) is 0 Å². The molecule has 1 rings (SSSR count). The molecule has 0 bridgehead atoms. The van der Waals surface area contributed by atoms with Gasteiger partial charge in [-0.25, -0.2) is 0 Å². The van der Waals surface area contributed by atoms with E-state index >= 15 is 0 Å². The molecule has 0 aliphatic heterocycles. The number of carbonyl (C=O) groups is 3. The number of pyridine rings is 1. The van der Waals surface area contributed by atoms with Crippen LogP contribution in [0.2, 0.25) is 5.02 Å². The molecule has 0 atom stereocenters. The zero-order valence-corrected chi connectivity index (χ0v) is 9.90. The molecule has 1 aromatic heterocycles. The summed E-state index contributed by atoms with van der Waals surface area (Å²) in [4.78, 5) is 36.6. The number of hydrogen-bond donors (Lipinski definition) is 3. The molecular formula is C10H10ClN3O4. The minimum Gasteiger partial charge on any atom is -0.480 e. The van der Waals surface area contributed by atoms with Crippen molar-refractivity contribution in [1.82, 2.24) is 15.6 Å². The molecule has 7 nitrogen and oxygen atoms in total. The Bertz CT molecular complexity index is 478. The van der Waals surface area contributed by atoms with Crippen molar-refractivity contribution >= 4 is 29.4 Å². The number of carboxylic acids is 1. The lowest BCUT2D eigenvalue weighted by Gasteiger charge is -2.04. The van der Waals surface area contributed by atoms with Gasteiger partial charge in [0.1, 0.15) is 12.2 Å². The minimum atomic E-state index is -1.16. The molecule has 0 unspecified atom stereocenters. The smallest absolute Gasteiger partial charge is 0.322 e. The van der Waals surface area contributed by atoms with Crippen molar-refractivity contribution in [1.29, 1.82) is 0 Å². The first-order chi connectivity index (χ1) is 8.49. The van der Waals surface area contributed by atoms with E-state index in [1.165, 1.54) is 18.3 Å². The number of nitrogens with zero attached hydrogens (tertiary/aromatic N) is 1. The van der Waals surface area contributed by atoms with Gasteiger partial charge in [-0.15, -0.1) is 0 Å². The van der Waals surface area contributed by atoms with E-state index in [2.05, 4.69) is 15.6 Å². The Labute approximate surface area is 107 Å². The van der Waals surface area contributed by atoms with Crippen molar-refractivity contribution in [2.24, 2.45) is 0 Å². The van der Waals surface area contributed by atoms with Crippen molar-refractivity contribution in [3.8, 4) is 0 Å². The van der Waals surface area contributed by atoms with Crippen molar-refractivity contribution in [3.05, 3.63) is 29.0 Å². The van der Waals surface area contributed by atoms with Crippen LogP contribution >= 0.6 is 11.6 Å². The predicted octanol–water partition coefficient (Wildman–Crippen LogP) is -0.334. The lowest BCUT2D eigenvalue weighted by Crippen LogP contribution is -2.39. The molecular weight excluding hydrogens is 262 g/mol. The van der Waals surface area contributed by atoms with Crippen molar-refractivity contribution in [2.75, 3.05) is 13.1 Å². The van der Waals surface area contributed by atoms with E-state index < -0.39 is 24.3 Å². The lowest BCUT2D eigenvalue weighted by molar-refractivity contribution is -0.137. The summed E-state index contributed by atoms with van der Waals surface area (Å²) in [5, 5.41) is 13.1. The van der Waals surface area contributed by atoms with E-state index in [4.69, 9.17) is 16.7 Å². The second kappa shape index (κ2) is 6.55. The summed E-state index contributed by atoms with van der Waals surface area (Å²) < 4.78 is 0. The predicted molar refractivity (Wildman–Crippen MR) is 62.2 cm³/mol. The number of nitrogens with one attached hydrogen (secondary N) is 2. The fraction of sp³-hybridized carbons (Fsp3) is 0.200. The third-order valence-electron chi connectivity index (χ3n) is 1.80. The molecule has 0 fully saturated rings. The molecule has 2 amide bonds. The van der Waals surface area contributed by atoms with Crippen LogP contribution in [0, 0.1) is 0 Å². The van der Waals surface area contributed by atoms with E-state index in [0.717, 1.165) is 0 Å². The molecule has 0 aromatic carbocycles. The van der Waals surface area contributed by atoms with Crippen molar-refractivity contribution in [2.45, 2.75) is 0 Å². The summed E-state index contributed by atoms with van der Waals surface area (Å²) in [6.07, 6.45) is 1.36. The molecule has 0 saturated carbocycles. The van der Waals surface area contributed by atoms with Crippen LogP contribution < -0.4 is 10.6 Å². The molecule has 96 valence electrons. The summed E-state index contributed by atoms with van der Waals surface area (Å²) in [7, 11) is 0. The largest absolute Gasteiger partial charge is 0.480 e. The first-order valence-corrected chi connectivity index (χ1v) is 5.25. The first-order valence-electron chi connectivity index (χ1n) is 4.87. The molecule has 18 heavy (non-hydrogen) atoms. The van der Waals surface area contributed by atoms with E-state index in [0.29, 0.717) is 5.02 Å². The molecule has 0 spiro atoms. The van der Waals surface area contributed by atoms with Gasteiger partial charge in [0.05, 0.1) is 6.54 Å². The lowest BCUT2D eigenvalue weighted by atomic mass is 10.3. The average Bonchev–Trinajstić information content (AvgIpc) is 2.33. The Balaban J connectivity index is 2.42. The zero-order valence-electron chi connectivity index (χ0n) is 9.14. The molecule has 0 radical (unpaired) electrons. The fourth-order valence-electron chi connectivity index (χ4n) is 1.02. The van der Waals surface area contributed by atoms with Crippen LogP contribution in [0.25, 0.3) is 0 Å². The number of hydrogen-bond acceptors (Lipinski definition) is 4. The summed E-state index contributed by atoms with van der Waals surface area (Å²) in [5.41, 5.74) is 0.0773. The molecule has 0 saturated heterocycles. The maximum Gasteiger partial charge on any atom is 0.322 e. The van der Waals surface area contributed by atoms with Gasteiger partial charge >= 0.3 is 5.97 Å². The van der Waals surface area contributed by atoms with Crippen LogP contribution in [0.5, 0.6) is 0 Å². The maximum atomic E-state index is 11.5. The zero-order chi connectivity index (χ0) is 13.5. The van der Waals surface area contributed by atoms with Crippen LogP contribution in [0.3, 0.4) is 0 Å². The van der Waals surface area contributed by atoms with Gasteiger partial charge in [0, 0.05) is 11.2 Å². The van der Waals surface area contributed by atoms with Gasteiger partial charge in [0.2, 0.25) is 5.91 Å². The Morgan fingerprint density at radius 1 is 1.28 bits per heavy atom. The van der Waals surface area contributed by atoms with Crippen LogP contribution in [0.1, 0.15) is 10.5 Å². The van der Waals surface area contributed by atoms with Gasteiger partial charge in [-0.1, -0.05) is 11.6 Å². The molecule has 1 aromatic rings. The number of carbonyl (C=O) groups excluding carboxylic acids is 2. The van der Waals surface area contributed by atoms with Gasteiger partial charge in [-0.05, 0) is 12.1 Å². The maximum absolute atomic E-state index is 11.5. The van der Waals surface area contributed by atoms with E-state index in [9.17, 15) is 14.4 Å². The van der Waals surface area contributed by atoms with E-state index in [1.54, 1.807) is 0 Å². The van der Waals surface area contributed by atoms with Crippen LogP contribution in [0.15, 0.2) is 18.3 Å². The summed E-state index contributed by atoms with van der Waals surface area (Å²) in [6, 6.07) is 2.87. The summed E-state index contributed by atoms with van der Waals surface area (Å²) >= 11 is 5.67. The quantitative estimate of drug-likeness (QED) is 0.679. The number of amides is 2. The second-order valence-electron chi connectivity index (χ2n) is 3.21. The van der Waals surface area contributed by atoms with Crippen molar-refractivity contribution < 1.29 is 19.5 Å². The van der Waals surface area contributed by atoms with Gasteiger partial charge in [0.15, 0.2) is 0 Å². The average molecular weight is 272 g/mol. The number of rotatable bonds is 5. The summed E-state index contributed by atoms with van der Waals surface area (Å²) in [5.74, 6) is -2.33. The number of aromatic nitrogens is 1. The third kappa shape index (κ3) is 4.79. The summed E-state index contributed by atoms with van der Waals surface area (Å²) in [6.45, 7) is -0.829. The highest BCUT2D eigenvalue weighted by atomic mass is 35.5. The van der Waals surface area contributed by atoms with Gasteiger partial charge in [-0.3, -0.25) is 19.4 Å².